The maximum Gasteiger partial charge on any atom is 0.279 e. The molecular formula is C14H14N4O2S. The number of anilines is 1. The number of sulfonamides is 1. The van der Waals surface area contributed by atoms with Crippen LogP contribution >= 0.6 is 0 Å². The smallest absolute Gasteiger partial charge is 0.279 e. The molecule has 3 rings (SSSR count). The van der Waals surface area contributed by atoms with Gasteiger partial charge in [0.25, 0.3) is 10.0 Å². The summed E-state index contributed by atoms with van der Waals surface area (Å²) in [5, 5.41) is 0.920. The number of pyridine rings is 1. The molecule has 2 N–H and O–H groups in total. The van der Waals surface area contributed by atoms with Crippen LogP contribution in [0.25, 0.3) is 10.9 Å². The van der Waals surface area contributed by atoms with Gasteiger partial charge in [-0.3, -0.25) is 9.71 Å². The molecule has 0 saturated heterocycles. The van der Waals surface area contributed by atoms with Crippen LogP contribution in [-0.2, 0) is 16.4 Å². The molecule has 0 spiro atoms. The van der Waals surface area contributed by atoms with Crippen molar-refractivity contribution in [3.05, 3.63) is 48.5 Å². The molecule has 21 heavy (non-hydrogen) atoms. The minimum absolute atomic E-state index is 0.0484. The fourth-order valence-corrected chi connectivity index (χ4v) is 3.05. The number of hydrogen-bond donors (Lipinski definition) is 2. The Morgan fingerprint density at radius 1 is 1.19 bits per heavy atom. The molecule has 0 aliphatic carbocycles. The van der Waals surface area contributed by atoms with Crippen LogP contribution in [0.4, 0.5) is 5.69 Å². The van der Waals surface area contributed by atoms with E-state index in [0.717, 1.165) is 5.39 Å². The largest absolute Gasteiger partial charge is 0.332 e. The average molecular weight is 302 g/mol. The van der Waals surface area contributed by atoms with Gasteiger partial charge in [-0.05, 0) is 12.1 Å². The van der Waals surface area contributed by atoms with Gasteiger partial charge in [-0.1, -0.05) is 25.1 Å². The van der Waals surface area contributed by atoms with Gasteiger partial charge in [0.1, 0.15) is 5.82 Å². The molecule has 0 aliphatic rings. The Morgan fingerprint density at radius 3 is 2.76 bits per heavy atom. The molecule has 0 amide bonds. The molecule has 0 radical (unpaired) electrons. The Kier molecular flexibility index (Phi) is 3.34. The van der Waals surface area contributed by atoms with E-state index in [4.69, 9.17) is 0 Å². The molecule has 1 aromatic carbocycles. The molecule has 0 fully saturated rings. The van der Waals surface area contributed by atoms with Crippen molar-refractivity contribution in [1.82, 2.24) is 15.0 Å². The molecular weight excluding hydrogens is 288 g/mol. The molecule has 0 bridgehead atoms. The van der Waals surface area contributed by atoms with Gasteiger partial charge in [-0.15, -0.1) is 0 Å². The molecule has 3 aromatic rings. The molecule has 2 aromatic heterocycles. The predicted octanol–water partition coefficient (Wildman–Crippen LogP) is 2.32. The molecule has 2 heterocycles. The first kappa shape index (κ1) is 13.6. The zero-order valence-corrected chi connectivity index (χ0v) is 12.2. The van der Waals surface area contributed by atoms with Crippen molar-refractivity contribution in [2.45, 2.75) is 18.4 Å². The average Bonchev–Trinajstić information content (AvgIpc) is 2.97. The number of H-pyrrole nitrogens is 1. The summed E-state index contributed by atoms with van der Waals surface area (Å²) < 4.78 is 27.3. The van der Waals surface area contributed by atoms with Crippen LogP contribution in [0.3, 0.4) is 0 Å². The predicted molar refractivity (Wildman–Crippen MR) is 80.5 cm³/mol. The quantitative estimate of drug-likeness (QED) is 0.774. The number of para-hydroxylation sites is 1. The lowest BCUT2D eigenvalue weighted by Crippen LogP contribution is -2.14. The Hall–Kier alpha value is -2.41. The van der Waals surface area contributed by atoms with Gasteiger partial charge >= 0.3 is 0 Å². The van der Waals surface area contributed by atoms with Crippen molar-refractivity contribution < 1.29 is 8.42 Å². The second-order valence-electron chi connectivity index (χ2n) is 4.53. The maximum absolute atomic E-state index is 12.4. The van der Waals surface area contributed by atoms with Crippen molar-refractivity contribution in [3.63, 3.8) is 0 Å². The zero-order chi connectivity index (χ0) is 14.9. The first-order valence-corrected chi connectivity index (χ1v) is 7.99. The van der Waals surface area contributed by atoms with Crippen molar-refractivity contribution >= 4 is 26.6 Å². The highest BCUT2D eigenvalue weighted by molar-refractivity contribution is 7.92. The third-order valence-corrected chi connectivity index (χ3v) is 4.38. The number of aromatic amines is 1. The Balaban J connectivity index is 2.01. The van der Waals surface area contributed by atoms with Crippen molar-refractivity contribution in [2.75, 3.05) is 4.72 Å². The summed E-state index contributed by atoms with van der Waals surface area (Å²) in [5.74, 6) is 0.631. The number of nitrogens with zero attached hydrogens (tertiary/aromatic N) is 2. The summed E-state index contributed by atoms with van der Waals surface area (Å²) in [6.45, 7) is 1.90. The third-order valence-electron chi connectivity index (χ3n) is 3.11. The first-order chi connectivity index (χ1) is 10.1. The lowest BCUT2D eigenvalue weighted by molar-refractivity contribution is 0.598. The van der Waals surface area contributed by atoms with Gasteiger partial charge in [0.2, 0.25) is 0 Å². The molecule has 0 saturated carbocycles. The first-order valence-electron chi connectivity index (χ1n) is 6.50. The maximum atomic E-state index is 12.4. The van der Waals surface area contributed by atoms with Gasteiger partial charge < -0.3 is 4.98 Å². The van der Waals surface area contributed by atoms with Gasteiger partial charge in [-0.25, -0.2) is 4.98 Å². The standard InChI is InChI=1S/C14H14N4O2S/c1-2-12-16-9-13(17-12)21(19,20)18-11-7-3-5-10-6-4-8-15-14(10)11/h3-9,18H,2H2,1H3,(H,16,17). The lowest BCUT2D eigenvalue weighted by atomic mass is 10.2. The van der Waals surface area contributed by atoms with Crippen molar-refractivity contribution in [3.8, 4) is 0 Å². The van der Waals surface area contributed by atoms with Crippen LogP contribution in [0.1, 0.15) is 12.7 Å². The van der Waals surface area contributed by atoms with E-state index < -0.39 is 10.0 Å². The Bertz CT molecular complexity index is 881. The summed E-state index contributed by atoms with van der Waals surface area (Å²) in [7, 11) is -3.70. The summed E-state index contributed by atoms with van der Waals surface area (Å²) in [6.07, 6.45) is 3.59. The minimum atomic E-state index is -3.70. The van der Waals surface area contributed by atoms with Crippen LogP contribution in [0.5, 0.6) is 0 Å². The van der Waals surface area contributed by atoms with Crippen LogP contribution in [0.2, 0.25) is 0 Å². The lowest BCUT2D eigenvalue weighted by Gasteiger charge is -2.08. The van der Waals surface area contributed by atoms with Crippen molar-refractivity contribution in [2.24, 2.45) is 0 Å². The van der Waals surface area contributed by atoms with E-state index in [1.165, 1.54) is 6.20 Å². The van der Waals surface area contributed by atoms with Gasteiger partial charge in [0, 0.05) is 18.0 Å². The van der Waals surface area contributed by atoms with Gasteiger partial charge in [0.05, 0.1) is 17.4 Å². The Morgan fingerprint density at radius 2 is 2.00 bits per heavy atom. The van der Waals surface area contributed by atoms with E-state index in [1.807, 2.05) is 25.1 Å². The van der Waals surface area contributed by atoms with E-state index in [9.17, 15) is 8.42 Å². The summed E-state index contributed by atoms with van der Waals surface area (Å²) >= 11 is 0. The topological polar surface area (TPSA) is 87.7 Å². The second kappa shape index (κ2) is 5.17. The van der Waals surface area contributed by atoms with E-state index in [1.54, 1.807) is 18.3 Å². The zero-order valence-electron chi connectivity index (χ0n) is 11.4. The fourth-order valence-electron chi connectivity index (χ4n) is 2.05. The van der Waals surface area contributed by atoms with Crippen molar-refractivity contribution in [1.29, 1.82) is 0 Å². The van der Waals surface area contributed by atoms with E-state index in [2.05, 4.69) is 19.7 Å². The molecule has 0 unspecified atom stereocenters. The van der Waals surface area contributed by atoms with E-state index in [0.29, 0.717) is 23.4 Å². The van der Waals surface area contributed by atoms with Crippen LogP contribution < -0.4 is 4.72 Å². The Labute approximate surface area is 122 Å². The second-order valence-corrected chi connectivity index (χ2v) is 6.18. The number of aryl methyl sites for hydroxylation is 1. The molecule has 6 nitrogen and oxygen atoms in total. The highest BCUT2D eigenvalue weighted by atomic mass is 32.2. The van der Waals surface area contributed by atoms with E-state index >= 15 is 0 Å². The van der Waals surface area contributed by atoms with Gasteiger partial charge in [0.15, 0.2) is 5.03 Å². The molecule has 0 aliphatic heterocycles. The minimum Gasteiger partial charge on any atom is -0.332 e. The number of rotatable bonds is 4. The molecule has 108 valence electrons. The summed E-state index contributed by atoms with van der Waals surface area (Å²) in [6, 6.07) is 9.04. The summed E-state index contributed by atoms with van der Waals surface area (Å²) in [5.41, 5.74) is 1.06. The third kappa shape index (κ3) is 2.59. The number of aromatic nitrogens is 3. The number of hydrogen-bond acceptors (Lipinski definition) is 4. The number of nitrogens with one attached hydrogen (secondary N) is 2. The van der Waals surface area contributed by atoms with E-state index in [-0.39, 0.29) is 5.03 Å². The number of imidazole rings is 1. The van der Waals surface area contributed by atoms with Crippen LogP contribution in [-0.4, -0.2) is 23.4 Å². The molecule has 0 atom stereocenters. The fraction of sp³-hybridized carbons (Fsp3) is 0.143. The summed E-state index contributed by atoms with van der Waals surface area (Å²) in [4.78, 5) is 11.0. The molecule has 7 heteroatoms. The van der Waals surface area contributed by atoms with Crippen LogP contribution in [0, 0.1) is 0 Å². The number of fused-ring (bicyclic) bond motifs is 1. The SMILES string of the molecule is CCc1ncc(S(=O)(=O)Nc2cccc3cccnc23)[nH]1. The normalized spacial score (nSPS) is 11.7. The monoisotopic (exact) mass is 302 g/mol. The highest BCUT2D eigenvalue weighted by Gasteiger charge is 2.18. The highest BCUT2D eigenvalue weighted by Crippen LogP contribution is 2.23. The number of benzene rings is 1. The van der Waals surface area contributed by atoms with Gasteiger partial charge in [-0.2, -0.15) is 8.42 Å². The van der Waals surface area contributed by atoms with Crippen LogP contribution in [0.15, 0.2) is 47.8 Å².